The number of rotatable bonds is 4. The average molecular weight is 220 g/mol. The number of pyridine rings is 1. The Labute approximate surface area is 99.5 Å². The second kappa shape index (κ2) is 5.33. The van der Waals surface area contributed by atoms with Gasteiger partial charge in [0.25, 0.3) is 0 Å². The zero-order valence-electron chi connectivity index (χ0n) is 11.2. The minimum Gasteiger partial charge on any atom is -0.367 e. The van der Waals surface area contributed by atoms with Gasteiger partial charge in [0.2, 0.25) is 0 Å². The maximum atomic E-state index is 4.47. The Balaban J connectivity index is 2.72. The lowest BCUT2D eigenvalue weighted by molar-refractivity contribution is 0.587. The number of hydrogen-bond acceptors (Lipinski definition) is 2. The molecular weight excluding hydrogens is 196 g/mol. The van der Waals surface area contributed by atoms with Gasteiger partial charge in [-0.25, -0.2) is 4.98 Å². The molecule has 0 saturated heterocycles. The van der Waals surface area contributed by atoms with Gasteiger partial charge in [-0.05, 0) is 29.9 Å². The van der Waals surface area contributed by atoms with Crippen LogP contribution in [0, 0.1) is 0 Å². The Kier molecular flexibility index (Phi) is 4.34. The van der Waals surface area contributed by atoms with Crippen LogP contribution in [0.1, 0.15) is 53.0 Å². The Hall–Kier alpha value is -1.05. The van der Waals surface area contributed by atoms with E-state index in [1.54, 1.807) is 0 Å². The number of hydrogen-bond donors (Lipinski definition) is 1. The summed E-state index contributed by atoms with van der Waals surface area (Å²) in [5.74, 6) is 0.988. The molecule has 0 aliphatic rings. The van der Waals surface area contributed by atoms with Gasteiger partial charge in [0.1, 0.15) is 5.82 Å². The van der Waals surface area contributed by atoms with E-state index in [-0.39, 0.29) is 5.41 Å². The first-order chi connectivity index (χ1) is 7.47. The zero-order chi connectivity index (χ0) is 12.2. The Morgan fingerprint density at radius 1 is 1.19 bits per heavy atom. The summed E-state index contributed by atoms with van der Waals surface area (Å²) in [4.78, 5) is 4.47. The highest BCUT2D eigenvalue weighted by Crippen LogP contribution is 2.22. The van der Waals surface area contributed by atoms with E-state index in [9.17, 15) is 0 Å². The van der Waals surface area contributed by atoms with Crippen molar-refractivity contribution in [3.8, 4) is 0 Å². The van der Waals surface area contributed by atoms with Crippen molar-refractivity contribution in [3.05, 3.63) is 23.9 Å². The standard InChI is InChI=1S/C14H24N2/c1-6-12(7-2)16-13-9-8-11(10-15-13)14(3,4)5/h8-10,12H,6-7H2,1-5H3,(H,15,16). The summed E-state index contributed by atoms with van der Waals surface area (Å²) in [6.45, 7) is 11.0. The molecule has 1 aromatic rings. The van der Waals surface area contributed by atoms with Crippen molar-refractivity contribution in [2.45, 2.75) is 58.9 Å². The molecule has 1 N–H and O–H groups in total. The summed E-state index contributed by atoms with van der Waals surface area (Å²) < 4.78 is 0. The summed E-state index contributed by atoms with van der Waals surface area (Å²) >= 11 is 0. The van der Waals surface area contributed by atoms with E-state index in [2.05, 4.69) is 57.1 Å². The number of nitrogens with one attached hydrogen (secondary N) is 1. The number of nitrogens with zero attached hydrogens (tertiary/aromatic N) is 1. The third kappa shape index (κ3) is 3.51. The first kappa shape index (κ1) is 13.0. The Morgan fingerprint density at radius 3 is 2.19 bits per heavy atom. The molecule has 0 amide bonds. The molecule has 1 heterocycles. The van der Waals surface area contributed by atoms with Gasteiger partial charge in [0.05, 0.1) is 0 Å². The third-order valence-electron chi connectivity index (χ3n) is 2.97. The summed E-state index contributed by atoms with van der Waals surface area (Å²) in [6.07, 6.45) is 4.25. The van der Waals surface area contributed by atoms with Crippen molar-refractivity contribution < 1.29 is 0 Å². The summed E-state index contributed by atoms with van der Waals surface area (Å²) in [5.41, 5.74) is 1.46. The van der Waals surface area contributed by atoms with Gasteiger partial charge in [-0.2, -0.15) is 0 Å². The molecule has 0 bridgehead atoms. The number of aromatic nitrogens is 1. The fourth-order valence-electron chi connectivity index (χ4n) is 1.62. The van der Waals surface area contributed by atoms with Gasteiger partial charge in [0.15, 0.2) is 0 Å². The largest absolute Gasteiger partial charge is 0.367 e. The molecule has 0 saturated carbocycles. The highest BCUT2D eigenvalue weighted by atomic mass is 15.0. The predicted octanol–water partition coefficient (Wildman–Crippen LogP) is 3.98. The summed E-state index contributed by atoms with van der Waals surface area (Å²) in [6, 6.07) is 4.78. The van der Waals surface area contributed by atoms with E-state index in [4.69, 9.17) is 0 Å². The van der Waals surface area contributed by atoms with Crippen LogP contribution in [0.3, 0.4) is 0 Å². The van der Waals surface area contributed by atoms with Crippen LogP contribution in [0.2, 0.25) is 0 Å². The molecule has 1 rings (SSSR count). The fraction of sp³-hybridized carbons (Fsp3) is 0.643. The molecule has 0 aliphatic carbocycles. The van der Waals surface area contributed by atoms with E-state index < -0.39 is 0 Å². The Morgan fingerprint density at radius 2 is 1.81 bits per heavy atom. The second-order valence-corrected chi connectivity index (χ2v) is 5.34. The highest BCUT2D eigenvalue weighted by molar-refractivity contribution is 5.38. The SMILES string of the molecule is CCC(CC)Nc1ccc(C(C)(C)C)cn1. The second-order valence-electron chi connectivity index (χ2n) is 5.34. The zero-order valence-corrected chi connectivity index (χ0v) is 11.2. The maximum absolute atomic E-state index is 4.47. The van der Waals surface area contributed by atoms with Crippen LogP contribution in [0.15, 0.2) is 18.3 Å². The smallest absolute Gasteiger partial charge is 0.126 e. The molecular formula is C14H24N2. The van der Waals surface area contributed by atoms with Crippen LogP contribution >= 0.6 is 0 Å². The lowest BCUT2D eigenvalue weighted by Gasteiger charge is -2.20. The molecule has 0 unspecified atom stereocenters. The van der Waals surface area contributed by atoms with Gasteiger partial charge in [0, 0.05) is 12.2 Å². The quantitative estimate of drug-likeness (QED) is 0.830. The molecule has 0 spiro atoms. The van der Waals surface area contributed by atoms with E-state index in [0.717, 1.165) is 18.7 Å². The van der Waals surface area contributed by atoms with Gasteiger partial charge in [-0.1, -0.05) is 40.7 Å². The van der Waals surface area contributed by atoms with E-state index >= 15 is 0 Å². The lowest BCUT2D eigenvalue weighted by Crippen LogP contribution is -2.18. The normalized spacial score (nSPS) is 11.9. The van der Waals surface area contributed by atoms with Crippen molar-refractivity contribution >= 4 is 5.82 Å². The van der Waals surface area contributed by atoms with Crippen LogP contribution in [0.4, 0.5) is 5.82 Å². The molecule has 1 aromatic heterocycles. The molecule has 0 aliphatic heterocycles. The van der Waals surface area contributed by atoms with Gasteiger partial charge >= 0.3 is 0 Å². The molecule has 0 atom stereocenters. The molecule has 2 nitrogen and oxygen atoms in total. The summed E-state index contributed by atoms with van der Waals surface area (Å²) in [7, 11) is 0. The minimum absolute atomic E-state index is 0.181. The van der Waals surface area contributed by atoms with E-state index in [1.165, 1.54) is 5.56 Å². The topological polar surface area (TPSA) is 24.9 Å². The van der Waals surface area contributed by atoms with Crippen LogP contribution < -0.4 is 5.32 Å². The predicted molar refractivity (Wildman–Crippen MR) is 70.9 cm³/mol. The van der Waals surface area contributed by atoms with Crippen molar-refractivity contribution in [1.82, 2.24) is 4.98 Å². The molecule has 0 aromatic carbocycles. The first-order valence-electron chi connectivity index (χ1n) is 6.20. The third-order valence-corrected chi connectivity index (χ3v) is 2.97. The van der Waals surface area contributed by atoms with Crippen LogP contribution in [-0.4, -0.2) is 11.0 Å². The monoisotopic (exact) mass is 220 g/mol. The minimum atomic E-state index is 0.181. The van der Waals surface area contributed by atoms with Crippen molar-refractivity contribution in [2.24, 2.45) is 0 Å². The average Bonchev–Trinajstić information content (AvgIpc) is 2.25. The molecule has 2 heteroatoms. The van der Waals surface area contributed by atoms with Gasteiger partial charge < -0.3 is 5.32 Å². The fourth-order valence-corrected chi connectivity index (χ4v) is 1.62. The van der Waals surface area contributed by atoms with Gasteiger partial charge in [-0.3, -0.25) is 0 Å². The van der Waals surface area contributed by atoms with Crippen molar-refractivity contribution in [1.29, 1.82) is 0 Å². The van der Waals surface area contributed by atoms with Crippen LogP contribution in [0.25, 0.3) is 0 Å². The molecule has 0 radical (unpaired) electrons. The van der Waals surface area contributed by atoms with E-state index in [1.807, 2.05) is 6.20 Å². The lowest BCUT2D eigenvalue weighted by atomic mass is 9.88. The first-order valence-corrected chi connectivity index (χ1v) is 6.20. The van der Waals surface area contributed by atoms with Crippen molar-refractivity contribution in [3.63, 3.8) is 0 Å². The van der Waals surface area contributed by atoms with Gasteiger partial charge in [-0.15, -0.1) is 0 Å². The van der Waals surface area contributed by atoms with Crippen LogP contribution in [0.5, 0.6) is 0 Å². The maximum Gasteiger partial charge on any atom is 0.126 e. The highest BCUT2D eigenvalue weighted by Gasteiger charge is 2.13. The van der Waals surface area contributed by atoms with Crippen molar-refractivity contribution in [2.75, 3.05) is 5.32 Å². The van der Waals surface area contributed by atoms with E-state index in [0.29, 0.717) is 6.04 Å². The molecule has 0 fully saturated rings. The molecule has 16 heavy (non-hydrogen) atoms. The van der Waals surface area contributed by atoms with Crippen LogP contribution in [-0.2, 0) is 5.41 Å². The molecule has 90 valence electrons. The Bertz CT molecular complexity index is 305. The summed E-state index contributed by atoms with van der Waals surface area (Å²) in [5, 5.41) is 3.45. The number of anilines is 1.